The van der Waals surface area contributed by atoms with Crippen LogP contribution in [0.4, 0.5) is 0 Å². The molecular weight excluding hydrogens is 202 g/mol. The first-order chi connectivity index (χ1) is 7.58. The number of hydrogen-bond acceptors (Lipinski definition) is 3. The summed E-state index contributed by atoms with van der Waals surface area (Å²) in [6, 6.07) is 9.56. The molecular formula is C13H17NO2. The average molecular weight is 219 g/mol. The fourth-order valence-corrected chi connectivity index (χ4v) is 1.82. The van der Waals surface area contributed by atoms with E-state index in [4.69, 9.17) is 10.2 Å². The van der Waals surface area contributed by atoms with Gasteiger partial charge in [0.2, 0.25) is 0 Å². The van der Waals surface area contributed by atoms with E-state index in [0.717, 1.165) is 11.0 Å². The fourth-order valence-electron chi connectivity index (χ4n) is 1.82. The van der Waals surface area contributed by atoms with Gasteiger partial charge in [-0.25, -0.2) is 0 Å². The first-order valence-electron chi connectivity index (χ1n) is 5.49. The Labute approximate surface area is 94.9 Å². The largest absolute Gasteiger partial charge is 0.458 e. The summed E-state index contributed by atoms with van der Waals surface area (Å²) >= 11 is 0. The Balaban J connectivity index is 2.54. The average Bonchev–Trinajstić information content (AvgIpc) is 2.71. The summed E-state index contributed by atoms with van der Waals surface area (Å²) in [5, 5.41) is 11.4. The first kappa shape index (κ1) is 11.2. The van der Waals surface area contributed by atoms with Crippen LogP contribution in [0.1, 0.15) is 19.6 Å². The number of nitrogens with two attached hydrogens (primary N) is 1. The second-order valence-corrected chi connectivity index (χ2v) is 4.43. The summed E-state index contributed by atoms with van der Waals surface area (Å²) < 4.78 is 5.66. The van der Waals surface area contributed by atoms with E-state index in [1.807, 2.05) is 44.2 Å². The molecule has 0 saturated carbocycles. The van der Waals surface area contributed by atoms with Crippen LogP contribution < -0.4 is 5.73 Å². The number of hydrogen-bond donors (Lipinski definition) is 2. The maximum atomic E-state index is 10.5. The third-order valence-corrected chi connectivity index (χ3v) is 3.12. The summed E-state index contributed by atoms with van der Waals surface area (Å²) in [4.78, 5) is 0. The summed E-state index contributed by atoms with van der Waals surface area (Å²) in [5.74, 6) is 0.560. The Morgan fingerprint density at radius 1 is 1.38 bits per heavy atom. The van der Waals surface area contributed by atoms with Crippen molar-refractivity contribution in [2.75, 3.05) is 6.54 Å². The number of benzene rings is 1. The molecule has 3 N–H and O–H groups in total. The molecule has 86 valence electrons. The third kappa shape index (κ3) is 1.62. The molecule has 0 fully saturated rings. The Bertz CT molecular complexity index is 456. The highest BCUT2D eigenvalue weighted by molar-refractivity contribution is 5.77. The Morgan fingerprint density at radius 2 is 2.06 bits per heavy atom. The summed E-state index contributed by atoms with van der Waals surface area (Å²) in [7, 11) is 0. The standard InChI is InChI=1S/C13H17NO2/c1-9(2)13(15,8-14)12-7-10-5-3-4-6-11(10)16-12/h3-7,9,15H,8,14H2,1-2H3. The van der Waals surface area contributed by atoms with Gasteiger partial charge in [0.1, 0.15) is 16.9 Å². The Kier molecular flexibility index (Phi) is 2.74. The zero-order valence-corrected chi connectivity index (χ0v) is 9.60. The Hall–Kier alpha value is -1.32. The molecule has 0 bridgehead atoms. The SMILES string of the molecule is CC(C)C(O)(CN)c1cc2ccccc2o1. The molecule has 1 atom stereocenters. The van der Waals surface area contributed by atoms with Gasteiger partial charge in [-0.05, 0) is 18.1 Å². The second kappa shape index (κ2) is 3.92. The minimum Gasteiger partial charge on any atom is -0.458 e. The number of furan rings is 1. The molecule has 1 unspecified atom stereocenters. The van der Waals surface area contributed by atoms with Crippen LogP contribution in [0.5, 0.6) is 0 Å². The first-order valence-corrected chi connectivity index (χ1v) is 5.49. The maximum absolute atomic E-state index is 10.5. The van der Waals surface area contributed by atoms with Crippen molar-refractivity contribution in [3.63, 3.8) is 0 Å². The minimum absolute atomic E-state index is 0.0121. The van der Waals surface area contributed by atoms with Crippen molar-refractivity contribution in [3.8, 4) is 0 Å². The Morgan fingerprint density at radius 3 is 2.62 bits per heavy atom. The van der Waals surface area contributed by atoms with E-state index in [0.29, 0.717) is 5.76 Å². The summed E-state index contributed by atoms with van der Waals surface area (Å²) in [6.07, 6.45) is 0. The van der Waals surface area contributed by atoms with Crippen LogP contribution in [0.3, 0.4) is 0 Å². The molecule has 0 radical (unpaired) electrons. The van der Waals surface area contributed by atoms with Gasteiger partial charge < -0.3 is 15.3 Å². The normalized spacial score (nSPS) is 15.6. The molecule has 1 aromatic heterocycles. The van der Waals surface area contributed by atoms with E-state index in [2.05, 4.69) is 0 Å². The lowest BCUT2D eigenvalue weighted by Gasteiger charge is -2.28. The molecule has 0 spiro atoms. The van der Waals surface area contributed by atoms with Crippen molar-refractivity contribution in [1.82, 2.24) is 0 Å². The molecule has 1 aromatic carbocycles. The fraction of sp³-hybridized carbons (Fsp3) is 0.385. The van der Waals surface area contributed by atoms with Crippen molar-refractivity contribution in [3.05, 3.63) is 36.1 Å². The van der Waals surface area contributed by atoms with Gasteiger partial charge in [-0.3, -0.25) is 0 Å². The van der Waals surface area contributed by atoms with Gasteiger partial charge in [0.25, 0.3) is 0 Å². The van der Waals surface area contributed by atoms with E-state index < -0.39 is 5.60 Å². The molecule has 0 amide bonds. The zero-order valence-electron chi connectivity index (χ0n) is 9.60. The lowest BCUT2D eigenvalue weighted by atomic mass is 9.88. The predicted molar refractivity (Wildman–Crippen MR) is 64.0 cm³/mol. The molecule has 0 saturated heterocycles. The van der Waals surface area contributed by atoms with Gasteiger partial charge in [-0.15, -0.1) is 0 Å². The molecule has 16 heavy (non-hydrogen) atoms. The van der Waals surface area contributed by atoms with E-state index >= 15 is 0 Å². The molecule has 0 aliphatic carbocycles. The maximum Gasteiger partial charge on any atom is 0.138 e. The van der Waals surface area contributed by atoms with Gasteiger partial charge >= 0.3 is 0 Å². The van der Waals surface area contributed by atoms with Gasteiger partial charge in [-0.1, -0.05) is 32.0 Å². The number of rotatable bonds is 3. The van der Waals surface area contributed by atoms with Crippen LogP contribution in [0.15, 0.2) is 34.7 Å². The van der Waals surface area contributed by atoms with E-state index in [1.165, 1.54) is 0 Å². The minimum atomic E-state index is -1.08. The number of para-hydroxylation sites is 1. The van der Waals surface area contributed by atoms with Gasteiger partial charge in [0, 0.05) is 11.9 Å². The molecule has 0 aliphatic rings. The van der Waals surface area contributed by atoms with Crippen molar-refractivity contribution in [1.29, 1.82) is 0 Å². The topological polar surface area (TPSA) is 59.4 Å². The van der Waals surface area contributed by atoms with Gasteiger partial charge in [-0.2, -0.15) is 0 Å². The molecule has 2 aromatic rings. The highest BCUT2D eigenvalue weighted by atomic mass is 16.4. The number of fused-ring (bicyclic) bond motifs is 1. The highest BCUT2D eigenvalue weighted by Gasteiger charge is 2.35. The van der Waals surface area contributed by atoms with Crippen LogP contribution >= 0.6 is 0 Å². The number of aliphatic hydroxyl groups is 1. The lowest BCUT2D eigenvalue weighted by Crippen LogP contribution is -2.39. The summed E-state index contributed by atoms with van der Waals surface area (Å²) in [6.45, 7) is 4.02. The lowest BCUT2D eigenvalue weighted by molar-refractivity contribution is -0.0194. The van der Waals surface area contributed by atoms with Gasteiger partial charge in [0.15, 0.2) is 0 Å². The quantitative estimate of drug-likeness (QED) is 0.832. The molecule has 0 aliphatic heterocycles. The van der Waals surface area contributed by atoms with Crippen molar-refractivity contribution in [2.24, 2.45) is 11.7 Å². The predicted octanol–water partition coefficient (Wildman–Crippen LogP) is 2.24. The highest BCUT2D eigenvalue weighted by Crippen LogP contribution is 2.32. The van der Waals surface area contributed by atoms with Crippen molar-refractivity contribution >= 4 is 11.0 Å². The van der Waals surface area contributed by atoms with Crippen LogP contribution in [-0.4, -0.2) is 11.7 Å². The van der Waals surface area contributed by atoms with Gasteiger partial charge in [0.05, 0.1) is 0 Å². The molecule has 1 heterocycles. The van der Waals surface area contributed by atoms with E-state index in [1.54, 1.807) is 0 Å². The smallest absolute Gasteiger partial charge is 0.138 e. The van der Waals surface area contributed by atoms with E-state index in [-0.39, 0.29) is 12.5 Å². The van der Waals surface area contributed by atoms with E-state index in [9.17, 15) is 5.11 Å². The third-order valence-electron chi connectivity index (χ3n) is 3.12. The van der Waals surface area contributed by atoms with Crippen LogP contribution in [0, 0.1) is 5.92 Å². The van der Waals surface area contributed by atoms with Crippen molar-refractivity contribution < 1.29 is 9.52 Å². The summed E-state index contributed by atoms with van der Waals surface area (Å²) in [5.41, 5.74) is 5.35. The van der Waals surface area contributed by atoms with Crippen LogP contribution in [-0.2, 0) is 5.60 Å². The van der Waals surface area contributed by atoms with Crippen LogP contribution in [0.2, 0.25) is 0 Å². The van der Waals surface area contributed by atoms with Crippen LogP contribution in [0.25, 0.3) is 11.0 Å². The monoisotopic (exact) mass is 219 g/mol. The molecule has 2 rings (SSSR count). The molecule has 3 heteroatoms. The molecule has 3 nitrogen and oxygen atoms in total. The van der Waals surface area contributed by atoms with Crippen molar-refractivity contribution in [2.45, 2.75) is 19.4 Å². The zero-order chi connectivity index (χ0) is 11.8. The second-order valence-electron chi connectivity index (χ2n) is 4.43.